The van der Waals surface area contributed by atoms with Crippen molar-refractivity contribution in [1.29, 1.82) is 0 Å². The number of nitrogens with zero attached hydrogens (tertiary/aromatic N) is 2. The van der Waals surface area contributed by atoms with Crippen molar-refractivity contribution in [3.8, 4) is 0 Å². The normalized spacial score (nSPS) is 11.0. The number of rotatable bonds is 3. The van der Waals surface area contributed by atoms with Gasteiger partial charge in [-0.1, -0.05) is 37.0 Å². The average Bonchev–Trinajstić information content (AvgIpc) is 2.40. The third kappa shape index (κ3) is 3.01. The van der Waals surface area contributed by atoms with Crippen molar-refractivity contribution in [2.75, 3.05) is 0 Å². The Kier molecular flexibility index (Phi) is 4.49. The maximum Gasteiger partial charge on any atom is 0.269 e. The van der Waals surface area contributed by atoms with Gasteiger partial charge in [0.05, 0.1) is 15.6 Å². The molecule has 6 heteroatoms. The molecule has 1 aromatic heterocycles. The van der Waals surface area contributed by atoms with E-state index in [-0.39, 0.29) is 32.8 Å². The van der Waals surface area contributed by atoms with Gasteiger partial charge < -0.3 is 0 Å². The Balaban J connectivity index is 2.62. The van der Waals surface area contributed by atoms with Crippen LogP contribution in [0.3, 0.4) is 0 Å². The Bertz CT molecular complexity index is 747. The highest BCUT2D eigenvalue weighted by atomic mass is 35.5. The van der Waals surface area contributed by atoms with Crippen LogP contribution in [0.5, 0.6) is 0 Å². The molecule has 0 atom stereocenters. The molecule has 0 amide bonds. The minimum absolute atomic E-state index is 0.0201. The lowest BCUT2D eigenvalue weighted by molar-refractivity contribution is 0.103. The molecule has 0 fully saturated rings. The van der Waals surface area contributed by atoms with Crippen LogP contribution < -0.4 is 5.56 Å². The van der Waals surface area contributed by atoms with Gasteiger partial charge in [0.1, 0.15) is 5.69 Å². The van der Waals surface area contributed by atoms with E-state index in [0.29, 0.717) is 5.56 Å². The van der Waals surface area contributed by atoms with Gasteiger partial charge in [0.15, 0.2) is 0 Å². The Morgan fingerprint density at radius 1 is 1.29 bits per heavy atom. The fourth-order valence-electron chi connectivity index (χ4n) is 1.95. The zero-order valence-corrected chi connectivity index (χ0v) is 13.3. The lowest BCUT2D eigenvalue weighted by Crippen LogP contribution is -2.27. The zero-order valence-electron chi connectivity index (χ0n) is 11.8. The van der Waals surface area contributed by atoms with Crippen LogP contribution in [-0.2, 0) is 7.05 Å². The molecule has 0 saturated carbocycles. The molecule has 0 bridgehead atoms. The van der Waals surface area contributed by atoms with Gasteiger partial charge in [-0.2, -0.15) is 5.10 Å². The van der Waals surface area contributed by atoms with Gasteiger partial charge in [-0.15, -0.1) is 0 Å². The summed E-state index contributed by atoms with van der Waals surface area (Å²) in [6, 6.07) is 7.16. The summed E-state index contributed by atoms with van der Waals surface area (Å²) in [6.45, 7) is 3.75. The van der Waals surface area contributed by atoms with Crippen LogP contribution in [0.1, 0.15) is 41.4 Å². The largest absolute Gasteiger partial charge is 0.287 e. The highest BCUT2D eigenvalue weighted by Crippen LogP contribution is 2.26. The van der Waals surface area contributed by atoms with Crippen molar-refractivity contribution >= 4 is 29.0 Å². The van der Waals surface area contributed by atoms with Crippen molar-refractivity contribution in [2.45, 2.75) is 19.8 Å². The Hall–Kier alpha value is -1.65. The molecule has 0 unspecified atom stereocenters. The van der Waals surface area contributed by atoms with Crippen LogP contribution in [0.4, 0.5) is 0 Å². The van der Waals surface area contributed by atoms with Crippen LogP contribution in [0.25, 0.3) is 0 Å². The summed E-state index contributed by atoms with van der Waals surface area (Å²) in [7, 11) is 1.51. The van der Waals surface area contributed by atoms with E-state index < -0.39 is 5.78 Å². The van der Waals surface area contributed by atoms with E-state index in [1.807, 2.05) is 13.8 Å². The van der Waals surface area contributed by atoms with Crippen molar-refractivity contribution in [1.82, 2.24) is 9.78 Å². The fraction of sp³-hybridized carbons (Fsp3) is 0.267. The third-order valence-corrected chi connectivity index (χ3v) is 3.67. The Morgan fingerprint density at radius 2 is 1.86 bits per heavy atom. The number of aryl methyl sites for hydroxylation is 1. The maximum absolute atomic E-state index is 12.6. The average molecular weight is 324 g/mol. The molecule has 1 aromatic carbocycles. The minimum Gasteiger partial charge on any atom is -0.287 e. The van der Waals surface area contributed by atoms with Crippen LogP contribution in [0.2, 0.25) is 10.0 Å². The first kappa shape index (κ1) is 15.7. The van der Waals surface area contributed by atoms with Gasteiger partial charge in [0.25, 0.3) is 5.56 Å². The SMILES string of the molecule is CC(C)c1cc(C(=O)c2c(Cl)c[c]cc2Cl)nn(C)c1=O. The standard InChI is InChI=1S/C15H13Cl2N2O2/c1-8(2)9-7-12(18-19(3)15(9)21)14(20)13-10(16)5-4-6-11(13)17/h5-8H,1-3H3. The molecule has 0 aliphatic heterocycles. The van der Waals surface area contributed by atoms with E-state index in [9.17, 15) is 9.59 Å². The number of carbonyl (C=O) groups excluding carboxylic acids is 1. The number of halogens is 2. The summed E-state index contributed by atoms with van der Waals surface area (Å²) in [5.74, 6) is -0.440. The lowest BCUT2D eigenvalue weighted by Gasteiger charge is -2.10. The predicted octanol–water partition coefficient (Wildman–Crippen LogP) is 3.24. The molecule has 2 rings (SSSR count). The van der Waals surface area contributed by atoms with Gasteiger partial charge in [-0.25, -0.2) is 4.68 Å². The highest BCUT2D eigenvalue weighted by molar-refractivity contribution is 6.40. The molecule has 0 saturated heterocycles. The molecular formula is C15H13Cl2N2O2. The van der Waals surface area contributed by atoms with Crippen LogP contribution in [0, 0.1) is 6.07 Å². The van der Waals surface area contributed by atoms with E-state index in [1.54, 1.807) is 0 Å². The third-order valence-electron chi connectivity index (χ3n) is 3.07. The summed E-state index contributed by atoms with van der Waals surface area (Å²) in [6.07, 6.45) is 0. The van der Waals surface area contributed by atoms with E-state index in [1.165, 1.54) is 25.2 Å². The van der Waals surface area contributed by atoms with E-state index in [2.05, 4.69) is 11.2 Å². The first-order valence-electron chi connectivity index (χ1n) is 6.31. The minimum atomic E-state index is -0.420. The molecule has 0 aliphatic carbocycles. The Labute approximate surface area is 132 Å². The smallest absolute Gasteiger partial charge is 0.269 e. The van der Waals surface area contributed by atoms with Crippen molar-refractivity contribution in [3.63, 3.8) is 0 Å². The van der Waals surface area contributed by atoms with Gasteiger partial charge in [-0.3, -0.25) is 9.59 Å². The number of aromatic nitrogens is 2. The number of ketones is 1. The highest BCUT2D eigenvalue weighted by Gasteiger charge is 2.20. The van der Waals surface area contributed by atoms with Crippen LogP contribution in [-0.4, -0.2) is 15.6 Å². The van der Waals surface area contributed by atoms with Gasteiger partial charge >= 0.3 is 0 Å². The van der Waals surface area contributed by atoms with Crippen molar-refractivity contribution in [3.05, 3.63) is 61.5 Å². The molecule has 21 heavy (non-hydrogen) atoms. The van der Waals surface area contributed by atoms with Gasteiger partial charge in [0.2, 0.25) is 5.78 Å². The summed E-state index contributed by atoms with van der Waals surface area (Å²) >= 11 is 12.0. The molecule has 0 spiro atoms. The predicted molar refractivity (Wildman–Crippen MR) is 82.3 cm³/mol. The molecule has 2 aromatic rings. The van der Waals surface area contributed by atoms with E-state index in [0.717, 1.165) is 4.68 Å². The molecular weight excluding hydrogens is 311 g/mol. The zero-order chi connectivity index (χ0) is 15.7. The number of hydrogen-bond acceptors (Lipinski definition) is 3. The maximum atomic E-state index is 12.6. The van der Waals surface area contributed by atoms with Crippen molar-refractivity contribution in [2.24, 2.45) is 7.05 Å². The van der Waals surface area contributed by atoms with Crippen LogP contribution in [0.15, 0.2) is 23.0 Å². The second kappa shape index (κ2) is 6.00. The molecule has 1 radical (unpaired) electrons. The van der Waals surface area contributed by atoms with Crippen molar-refractivity contribution < 1.29 is 4.79 Å². The quantitative estimate of drug-likeness (QED) is 0.815. The topological polar surface area (TPSA) is 52.0 Å². The first-order valence-corrected chi connectivity index (χ1v) is 7.06. The number of hydrogen-bond donors (Lipinski definition) is 0. The first-order chi connectivity index (χ1) is 9.82. The van der Waals surface area contributed by atoms with Gasteiger partial charge in [-0.05, 0) is 30.2 Å². The van der Waals surface area contributed by atoms with E-state index >= 15 is 0 Å². The van der Waals surface area contributed by atoms with Gasteiger partial charge in [0, 0.05) is 12.6 Å². The summed E-state index contributed by atoms with van der Waals surface area (Å²) < 4.78 is 1.15. The lowest BCUT2D eigenvalue weighted by atomic mass is 10.0. The monoisotopic (exact) mass is 323 g/mol. The molecule has 4 nitrogen and oxygen atoms in total. The molecule has 0 N–H and O–H groups in total. The summed E-state index contributed by atoms with van der Waals surface area (Å²) in [4.78, 5) is 24.6. The van der Waals surface area contributed by atoms with E-state index in [4.69, 9.17) is 23.2 Å². The molecule has 1 heterocycles. The van der Waals surface area contributed by atoms with Crippen LogP contribution >= 0.6 is 23.2 Å². The second-order valence-corrected chi connectivity index (χ2v) is 5.74. The summed E-state index contributed by atoms with van der Waals surface area (Å²) in [5.41, 5.74) is 0.597. The number of benzene rings is 1. The molecule has 109 valence electrons. The Morgan fingerprint density at radius 3 is 2.38 bits per heavy atom. The fourth-order valence-corrected chi connectivity index (χ4v) is 2.50. The molecule has 0 aliphatic rings. The second-order valence-electron chi connectivity index (χ2n) is 4.92. The number of carbonyl (C=O) groups is 1. The summed E-state index contributed by atoms with van der Waals surface area (Å²) in [5, 5.41) is 4.41.